The summed E-state index contributed by atoms with van der Waals surface area (Å²) in [6, 6.07) is 5.58. The zero-order valence-corrected chi connectivity index (χ0v) is 17.9. The summed E-state index contributed by atoms with van der Waals surface area (Å²) in [6.07, 6.45) is 3.47. The monoisotopic (exact) mass is 362 g/mol. The lowest BCUT2D eigenvalue weighted by molar-refractivity contribution is 0.237. The van der Waals surface area contributed by atoms with E-state index in [4.69, 9.17) is 9.16 Å². The highest BCUT2D eigenvalue weighted by Gasteiger charge is 2.39. The number of methoxy groups -OCH3 is 1. The number of benzene rings is 1. The Labute approximate surface area is 154 Å². The van der Waals surface area contributed by atoms with E-state index in [1.807, 2.05) is 18.2 Å². The van der Waals surface area contributed by atoms with E-state index >= 15 is 0 Å². The van der Waals surface area contributed by atoms with E-state index in [2.05, 4.69) is 52.6 Å². The van der Waals surface area contributed by atoms with Gasteiger partial charge in [0.1, 0.15) is 11.9 Å². The standard InChI is InChI=1S/C21H34O3Si/c1-8-9-10-11-12-13-18(22)17-14-15-19(20(16-17)23-5)24-25(6,7)21(2,3)4/h14-16,18,22H,8-11H2,1-7H3. The van der Waals surface area contributed by atoms with E-state index in [1.54, 1.807) is 7.11 Å². The second-order valence-electron chi connectivity index (χ2n) is 7.95. The van der Waals surface area contributed by atoms with Gasteiger partial charge in [-0.3, -0.25) is 0 Å². The quantitative estimate of drug-likeness (QED) is 0.384. The summed E-state index contributed by atoms with van der Waals surface area (Å²) >= 11 is 0. The van der Waals surface area contributed by atoms with Crippen LogP contribution in [0.15, 0.2) is 18.2 Å². The van der Waals surface area contributed by atoms with Gasteiger partial charge in [0.05, 0.1) is 7.11 Å². The third kappa shape index (κ3) is 6.41. The highest BCUT2D eigenvalue weighted by molar-refractivity contribution is 6.74. The molecule has 1 N–H and O–H groups in total. The number of unbranched alkanes of at least 4 members (excludes halogenated alkanes) is 3. The summed E-state index contributed by atoms with van der Waals surface area (Å²) < 4.78 is 11.8. The van der Waals surface area contributed by atoms with Gasteiger partial charge >= 0.3 is 0 Å². The van der Waals surface area contributed by atoms with Crippen LogP contribution in [0.3, 0.4) is 0 Å². The average molecular weight is 363 g/mol. The molecule has 25 heavy (non-hydrogen) atoms. The van der Waals surface area contributed by atoms with Crippen LogP contribution in [0.1, 0.15) is 65.0 Å². The molecule has 0 aromatic heterocycles. The van der Waals surface area contributed by atoms with Gasteiger partial charge in [-0.15, -0.1) is 5.92 Å². The Morgan fingerprint density at radius 1 is 1.16 bits per heavy atom. The number of rotatable bonds is 7. The van der Waals surface area contributed by atoms with Crippen LogP contribution >= 0.6 is 0 Å². The van der Waals surface area contributed by atoms with Crippen molar-refractivity contribution < 1.29 is 14.3 Å². The molecule has 140 valence electrons. The maximum absolute atomic E-state index is 10.3. The first-order chi connectivity index (χ1) is 11.6. The Morgan fingerprint density at radius 3 is 2.40 bits per heavy atom. The van der Waals surface area contributed by atoms with Gasteiger partial charge in [-0.1, -0.05) is 52.5 Å². The van der Waals surface area contributed by atoms with Crippen LogP contribution < -0.4 is 9.16 Å². The number of aliphatic hydroxyl groups is 1. The maximum Gasteiger partial charge on any atom is 0.250 e. The fraction of sp³-hybridized carbons (Fsp3) is 0.619. The maximum atomic E-state index is 10.3. The predicted octanol–water partition coefficient (Wildman–Crippen LogP) is 5.70. The fourth-order valence-electron chi connectivity index (χ4n) is 2.08. The molecule has 0 aliphatic carbocycles. The summed E-state index contributed by atoms with van der Waals surface area (Å²) in [5, 5.41) is 10.4. The molecule has 4 heteroatoms. The molecule has 0 bridgehead atoms. The second-order valence-corrected chi connectivity index (χ2v) is 12.7. The molecule has 1 aromatic rings. The third-order valence-corrected chi connectivity index (χ3v) is 9.16. The molecule has 0 radical (unpaired) electrons. The molecule has 0 saturated heterocycles. The van der Waals surface area contributed by atoms with E-state index in [0.717, 1.165) is 24.2 Å². The molecule has 0 spiro atoms. The van der Waals surface area contributed by atoms with Crippen molar-refractivity contribution in [2.75, 3.05) is 7.11 Å². The minimum atomic E-state index is -1.94. The Balaban J connectivity index is 2.91. The van der Waals surface area contributed by atoms with Crippen LogP contribution in [0.2, 0.25) is 18.1 Å². The van der Waals surface area contributed by atoms with Crippen molar-refractivity contribution in [3.05, 3.63) is 23.8 Å². The summed E-state index contributed by atoms with van der Waals surface area (Å²) in [5.41, 5.74) is 0.738. The lowest BCUT2D eigenvalue weighted by Gasteiger charge is -2.36. The second kappa shape index (κ2) is 9.31. The predicted molar refractivity (Wildman–Crippen MR) is 108 cm³/mol. The molecule has 0 aliphatic rings. The molecule has 0 heterocycles. The van der Waals surface area contributed by atoms with Crippen molar-refractivity contribution >= 4 is 8.32 Å². The van der Waals surface area contributed by atoms with E-state index in [1.165, 1.54) is 12.8 Å². The SMILES string of the molecule is CCCCCC#CC(O)c1ccc(O[Si](C)(C)C(C)(C)C)c(OC)c1. The van der Waals surface area contributed by atoms with Crippen LogP contribution in [-0.2, 0) is 0 Å². The van der Waals surface area contributed by atoms with Crippen LogP contribution in [0.25, 0.3) is 0 Å². The Kier molecular flexibility index (Phi) is 8.04. The fourth-order valence-corrected chi connectivity index (χ4v) is 3.11. The lowest BCUT2D eigenvalue weighted by Crippen LogP contribution is -2.43. The molecular formula is C21H34O3Si. The minimum absolute atomic E-state index is 0.111. The van der Waals surface area contributed by atoms with Crippen molar-refractivity contribution in [3.63, 3.8) is 0 Å². The first-order valence-corrected chi connectivity index (χ1v) is 12.1. The van der Waals surface area contributed by atoms with Crippen molar-refractivity contribution in [2.45, 2.75) is 77.6 Å². The summed E-state index contributed by atoms with van der Waals surface area (Å²) in [5.74, 6) is 7.37. The van der Waals surface area contributed by atoms with Gasteiger partial charge in [0.25, 0.3) is 8.32 Å². The van der Waals surface area contributed by atoms with Gasteiger partial charge in [0, 0.05) is 6.42 Å². The Hall–Kier alpha value is -1.44. The number of ether oxygens (including phenoxy) is 1. The van der Waals surface area contributed by atoms with Gasteiger partial charge in [0.2, 0.25) is 0 Å². The topological polar surface area (TPSA) is 38.7 Å². The summed E-state index contributed by atoms with van der Waals surface area (Å²) in [4.78, 5) is 0. The van der Waals surface area contributed by atoms with E-state index in [-0.39, 0.29) is 5.04 Å². The Morgan fingerprint density at radius 2 is 1.84 bits per heavy atom. The number of aliphatic hydroxyl groups excluding tert-OH is 1. The smallest absolute Gasteiger partial charge is 0.250 e. The van der Waals surface area contributed by atoms with Crippen molar-refractivity contribution in [1.29, 1.82) is 0 Å². The van der Waals surface area contributed by atoms with Crippen molar-refractivity contribution in [1.82, 2.24) is 0 Å². The zero-order valence-electron chi connectivity index (χ0n) is 16.9. The molecule has 0 amide bonds. The molecule has 3 nitrogen and oxygen atoms in total. The van der Waals surface area contributed by atoms with Gasteiger partial charge < -0.3 is 14.3 Å². The van der Waals surface area contributed by atoms with E-state index < -0.39 is 14.4 Å². The van der Waals surface area contributed by atoms with Gasteiger partial charge in [0.15, 0.2) is 5.75 Å². The van der Waals surface area contributed by atoms with Crippen LogP contribution in [0, 0.1) is 11.8 Å². The highest BCUT2D eigenvalue weighted by Crippen LogP contribution is 2.40. The van der Waals surface area contributed by atoms with Crippen molar-refractivity contribution in [2.24, 2.45) is 0 Å². The van der Waals surface area contributed by atoms with Crippen LogP contribution in [0.5, 0.6) is 11.5 Å². The van der Waals surface area contributed by atoms with Crippen LogP contribution in [-0.4, -0.2) is 20.5 Å². The third-order valence-electron chi connectivity index (χ3n) is 4.82. The molecule has 1 aromatic carbocycles. The molecule has 0 aliphatic heterocycles. The highest BCUT2D eigenvalue weighted by atomic mass is 28.4. The minimum Gasteiger partial charge on any atom is -0.541 e. The molecule has 1 rings (SSSR count). The van der Waals surface area contributed by atoms with Gasteiger partial charge in [-0.2, -0.15) is 0 Å². The average Bonchev–Trinajstić information content (AvgIpc) is 2.53. The normalized spacial score (nSPS) is 13.0. The zero-order chi connectivity index (χ0) is 19.1. The number of hydrogen-bond donors (Lipinski definition) is 1. The van der Waals surface area contributed by atoms with Gasteiger partial charge in [-0.25, -0.2) is 0 Å². The summed E-state index contributed by atoms with van der Waals surface area (Å²) in [6.45, 7) is 13.2. The first-order valence-electron chi connectivity index (χ1n) is 9.15. The number of hydrogen-bond acceptors (Lipinski definition) is 3. The van der Waals surface area contributed by atoms with E-state index in [0.29, 0.717) is 5.75 Å². The molecule has 1 atom stereocenters. The van der Waals surface area contributed by atoms with Gasteiger partial charge in [-0.05, 0) is 42.2 Å². The molecule has 0 fully saturated rings. The molecule has 1 unspecified atom stereocenters. The molecular weight excluding hydrogens is 328 g/mol. The summed E-state index contributed by atoms with van der Waals surface area (Å²) in [7, 11) is -0.317. The molecule has 0 saturated carbocycles. The first kappa shape index (κ1) is 21.6. The largest absolute Gasteiger partial charge is 0.541 e. The van der Waals surface area contributed by atoms with E-state index in [9.17, 15) is 5.11 Å². The Bertz CT molecular complexity index is 606. The lowest BCUT2D eigenvalue weighted by atomic mass is 10.1. The van der Waals surface area contributed by atoms with Crippen LogP contribution in [0.4, 0.5) is 0 Å². The van der Waals surface area contributed by atoms with Crippen molar-refractivity contribution in [3.8, 4) is 23.3 Å².